The van der Waals surface area contributed by atoms with Gasteiger partial charge in [0.2, 0.25) is 0 Å². The highest BCUT2D eigenvalue weighted by Gasteiger charge is 2.34. The molecule has 0 N–H and O–H groups in total. The Labute approximate surface area is 111 Å². The van der Waals surface area contributed by atoms with Crippen LogP contribution in [0.15, 0.2) is 42.5 Å². The average molecular weight is 278 g/mol. The summed E-state index contributed by atoms with van der Waals surface area (Å²) in [6, 6.07) is 13.7. The van der Waals surface area contributed by atoms with Crippen molar-refractivity contribution in [3.8, 4) is 10.6 Å². The third kappa shape index (κ3) is 2.21. The quantitative estimate of drug-likeness (QED) is 0.624. The van der Waals surface area contributed by atoms with Crippen LogP contribution in [0.5, 0.6) is 0 Å². The van der Waals surface area contributed by atoms with E-state index in [1.807, 2.05) is 6.07 Å². The Morgan fingerprint density at radius 2 is 1.84 bits per heavy atom. The maximum Gasteiger partial charge on any atom is 0.417 e. The molecule has 1 nitrogen and oxygen atoms in total. The number of rotatable bonds is 1. The second kappa shape index (κ2) is 4.35. The van der Waals surface area contributed by atoms with E-state index < -0.39 is 11.7 Å². The highest BCUT2D eigenvalue weighted by molar-refractivity contribution is 7.21. The van der Waals surface area contributed by atoms with E-state index >= 15 is 0 Å². The molecule has 2 aromatic carbocycles. The predicted octanol–water partition coefficient (Wildman–Crippen LogP) is 4.78. The Balaban J connectivity index is 2.22. The zero-order valence-electron chi connectivity index (χ0n) is 9.53. The number of aromatic nitrogens is 1. The summed E-state index contributed by atoms with van der Waals surface area (Å²) in [5.74, 6) is 0. The van der Waals surface area contributed by atoms with Gasteiger partial charge in [-0.1, -0.05) is 30.3 Å². The van der Waals surface area contributed by atoms with E-state index in [0.29, 0.717) is 10.5 Å². The number of hydrogen-bond acceptors (Lipinski definition) is 2. The number of fused-ring (bicyclic) bond motifs is 1. The predicted molar refractivity (Wildman–Crippen MR) is 68.9 cm³/mol. The Bertz CT molecular complexity index is 698. The average Bonchev–Trinajstić information content (AvgIpc) is 2.81. The first-order valence-electron chi connectivity index (χ1n) is 5.49. The highest BCUT2D eigenvalue weighted by Crippen LogP contribution is 2.39. The van der Waals surface area contributed by atoms with Crippen molar-refractivity contribution in [2.24, 2.45) is 0 Å². The zero-order chi connectivity index (χ0) is 13.5. The molecule has 0 aliphatic heterocycles. The van der Waals surface area contributed by atoms with Gasteiger partial charge in [0.05, 0.1) is 15.8 Å². The van der Waals surface area contributed by atoms with Crippen molar-refractivity contribution in [1.82, 2.24) is 4.98 Å². The molecule has 0 aliphatic carbocycles. The van der Waals surface area contributed by atoms with Crippen molar-refractivity contribution >= 4 is 21.6 Å². The molecule has 0 saturated carbocycles. The van der Waals surface area contributed by atoms with Crippen molar-refractivity contribution in [2.45, 2.75) is 6.18 Å². The van der Waals surface area contributed by atoms with Crippen molar-refractivity contribution in [3.05, 3.63) is 54.1 Å². The minimum absolute atomic E-state index is 0.115. The molecular formula is C14H7F3NS. The fourth-order valence-electron chi connectivity index (χ4n) is 1.84. The number of para-hydroxylation sites is 1. The SMILES string of the molecule is FC(F)(F)c1ccccc1-c1nc2[c]cccc2s1. The Morgan fingerprint density at radius 1 is 1.05 bits per heavy atom. The molecular weight excluding hydrogens is 271 g/mol. The molecule has 0 amide bonds. The van der Waals surface area contributed by atoms with Gasteiger partial charge in [-0.25, -0.2) is 4.98 Å². The van der Waals surface area contributed by atoms with Gasteiger partial charge in [0.15, 0.2) is 0 Å². The number of halogens is 3. The second-order valence-electron chi connectivity index (χ2n) is 3.95. The maximum absolute atomic E-state index is 13.0. The molecule has 5 heteroatoms. The number of nitrogens with zero attached hydrogens (tertiary/aromatic N) is 1. The van der Waals surface area contributed by atoms with Crippen molar-refractivity contribution < 1.29 is 13.2 Å². The van der Waals surface area contributed by atoms with Gasteiger partial charge in [-0.15, -0.1) is 11.3 Å². The summed E-state index contributed by atoms with van der Waals surface area (Å²) in [7, 11) is 0. The standard InChI is InChI=1S/C14H7F3NS/c15-14(16,17)10-6-2-1-5-9(10)13-18-11-7-3-4-8-12(11)19-13/h1-6,8H. The second-order valence-corrected chi connectivity index (χ2v) is 4.98. The summed E-state index contributed by atoms with van der Waals surface area (Å²) < 4.78 is 39.7. The van der Waals surface area contributed by atoms with Crippen molar-refractivity contribution in [2.75, 3.05) is 0 Å². The van der Waals surface area contributed by atoms with Gasteiger partial charge in [0.1, 0.15) is 5.01 Å². The molecule has 0 spiro atoms. The van der Waals surface area contributed by atoms with Gasteiger partial charge in [-0.2, -0.15) is 13.2 Å². The normalized spacial score (nSPS) is 11.9. The largest absolute Gasteiger partial charge is 0.417 e. The summed E-state index contributed by atoms with van der Waals surface area (Å²) in [5, 5.41) is 0.366. The molecule has 0 unspecified atom stereocenters. The number of thiazole rings is 1. The van der Waals surface area contributed by atoms with Gasteiger partial charge in [0.25, 0.3) is 0 Å². The monoisotopic (exact) mass is 278 g/mol. The smallest absolute Gasteiger partial charge is 0.235 e. The van der Waals surface area contributed by atoms with Gasteiger partial charge in [-0.3, -0.25) is 0 Å². The van der Waals surface area contributed by atoms with Crippen LogP contribution in [0.4, 0.5) is 13.2 Å². The molecule has 0 bridgehead atoms. The molecule has 1 heterocycles. The first-order chi connectivity index (χ1) is 9.05. The molecule has 3 aromatic rings. The van der Waals surface area contributed by atoms with E-state index in [9.17, 15) is 13.2 Å². The molecule has 0 fully saturated rings. The fourth-order valence-corrected chi connectivity index (χ4v) is 2.82. The summed E-state index contributed by atoms with van der Waals surface area (Å²) in [6.07, 6.45) is -4.38. The maximum atomic E-state index is 13.0. The lowest BCUT2D eigenvalue weighted by molar-refractivity contribution is -0.137. The Kier molecular flexibility index (Phi) is 2.78. The highest BCUT2D eigenvalue weighted by atomic mass is 32.1. The lowest BCUT2D eigenvalue weighted by atomic mass is 10.1. The summed E-state index contributed by atoms with van der Waals surface area (Å²) >= 11 is 1.24. The van der Waals surface area contributed by atoms with E-state index in [0.717, 1.165) is 10.8 Å². The molecule has 0 atom stereocenters. The lowest BCUT2D eigenvalue weighted by Gasteiger charge is -2.10. The van der Waals surface area contributed by atoms with Crippen LogP contribution in [-0.2, 0) is 6.18 Å². The van der Waals surface area contributed by atoms with Crippen LogP contribution in [0.25, 0.3) is 20.8 Å². The fraction of sp³-hybridized carbons (Fsp3) is 0.0714. The molecule has 3 rings (SSSR count). The van der Waals surface area contributed by atoms with E-state index in [1.165, 1.54) is 23.5 Å². The minimum atomic E-state index is -4.38. The first kappa shape index (κ1) is 12.2. The summed E-state index contributed by atoms with van der Waals surface area (Å²) in [5.41, 5.74) is 0.0538. The zero-order valence-corrected chi connectivity index (χ0v) is 10.3. The molecule has 0 saturated heterocycles. The Morgan fingerprint density at radius 3 is 2.58 bits per heavy atom. The van der Waals surface area contributed by atoms with Crippen molar-refractivity contribution in [3.63, 3.8) is 0 Å². The van der Waals surface area contributed by atoms with Gasteiger partial charge < -0.3 is 0 Å². The lowest BCUT2D eigenvalue weighted by Crippen LogP contribution is -2.06. The van der Waals surface area contributed by atoms with Crippen LogP contribution in [0, 0.1) is 6.07 Å². The third-order valence-electron chi connectivity index (χ3n) is 2.68. The summed E-state index contributed by atoms with van der Waals surface area (Å²) in [6.45, 7) is 0. The number of hydrogen-bond donors (Lipinski definition) is 0. The van der Waals surface area contributed by atoms with Crippen LogP contribution < -0.4 is 0 Å². The number of alkyl halides is 3. The molecule has 95 valence electrons. The minimum Gasteiger partial charge on any atom is -0.235 e. The van der Waals surface area contributed by atoms with E-state index in [2.05, 4.69) is 11.1 Å². The number of benzene rings is 2. The van der Waals surface area contributed by atoms with Crippen LogP contribution in [0.2, 0.25) is 0 Å². The summed E-state index contributed by atoms with van der Waals surface area (Å²) in [4.78, 5) is 4.22. The van der Waals surface area contributed by atoms with E-state index in [1.54, 1.807) is 18.2 Å². The third-order valence-corrected chi connectivity index (χ3v) is 3.73. The van der Waals surface area contributed by atoms with Crippen molar-refractivity contribution in [1.29, 1.82) is 0 Å². The molecule has 1 radical (unpaired) electrons. The molecule has 1 aromatic heterocycles. The Hall–Kier alpha value is -1.88. The van der Waals surface area contributed by atoms with E-state index in [4.69, 9.17) is 0 Å². The van der Waals surface area contributed by atoms with Gasteiger partial charge in [0, 0.05) is 11.6 Å². The molecule has 0 aliphatic rings. The van der Waals surface area contributed by atoms with E-state index in [-0.39, 0.29) is 5.56 Å². The molecule has 19 heavy (non-hydrogen) atoms. The van der Waals surface area contributed by atoms with Crippen LogP contribution in [0.1, 0.15) is 5.56 Å². The first-order valence-corrected chi connectivity index (χ1v) is 6.31. The van der Waals surface area contributed by atoms with Gasteiger partial charge >= 0.3 is 6.18 Å². The van der Waals surface area contributed by atoms with Crippen LogP contribution in [0.3, 0.4) is 0 Å². The van der Waals surface area contributed by atoms with Crippen LogP contribution >= 0.6 is 11.3 Å². The van der Waals surface area contributed by atoms with Crippen LogP contribution in [-0.4, -0.2) is 4.98 Å². The topological polar surface area (TPSA) is 12.9 Å². The van der Waals surface area contributed by atoms with Gasteiger partial charge in [-0.05, 0) is 12.1 Å².